The fourth-order valence-electron chi connectivity index (χ4n) is 2.95. The van der Waals surface area contributed by atoms with E-state index in [2.05, 4.69) is 15.5 Å². The van der Waals surface area contributed by atoms with Crippen LogP contribution in [0.4, 0.5) is 0 Å². The first kappa shape index (κ1) is 24.3. The number of benzene rings is 3. The maximum absolute atomic E-state index is 10.9. The second-order valence-electron chi connectivity index (χ2n) is 7.12. The van der Waals surface area contributed by atoms with Gasteiger partial charge in [0, 0.05) is 17.7 Å². The number of halogens is 2. The molecule has 1 heterocycles. The Hall–Kier alpha value is -3.39. The van der Waals surface area contributed by atoms with Crippen molar-refractivity contribution >= 4 is 30.0 Å². The van der Waals surface area contributed by atoms with Crippen LogP contribution in [0.25, 0.3) is 22.8 Å². The van der Waals surface area contributed by atoms with E-state index in [0.717, 1.165) is 16.9 Å². The first-order valence-electron chi connectivity index (χ1n) is 9.91. The molecule has 0 aliphatic heterocycles. The molecular formula is C24H21Cl2N3O4. The molecule has 9 heteroatoms. The van der Waals surface area contributed by atoms with Crippen molar-refractivity contribution in [2.24, 2.45) is 0 Å². The molecule has 0 saturated heterocycles. The lowest BCUT2D eigenvalue weighted by molar-refractivity contribution is -0.139. The number of carboxylic acids is 1. The van der Waals surface area contributed by atoms with Crippen LogP contribution in [0.5, 0.6) is 11.5 Å². The first-order chi connectivity index (χ1) is 15.5. The van der Waals surface area contributed by atoms with Crippen molar-refractivity contribution < 1.29 is 19.2 Å². The maximum atomic E-state index is 10.9. The molecule has 1 atom stereocenters. The van der Waals surface area contributed by atoms with Gasteiger partial charge in [-0.25, -0.2) is 0 Å². The average molecular weight is 486 g/mol. The van der Waals surface area contributed by atoms with Gasteiger partial charge >= 0.3 is 5.97 Å². The van der Waals surface area contributed by atoms with Crippen LogP contribution in [0.3, 0.4) is 0 Å². The van der Waals surface area contributed by atoms with Crippen LogP contribution < -0.4 is 10.1 Å². The molecule has 7 nitrogen and oxygen atoms in total. The summed E-state index contributed by atoms with van der Waals surface area (Å²) < 4.78 is 11.2. The van der Waals surface area contributed by atoms with Crippen molar-refractivity contribution in [2.75, 3.05) is 0 Å². The van der Waals surface area contributed by atoms with Crippen molar-refractivity contribution in [1.29, 1.82) is 0 Å². The molecule has 0 amide bonds. The number of nitrogens with one attached hydrogen (secondary N) is 1. The van der Waals surface area contributed by atoms with Gasteiger partial charge < -0.3 is 19.7 Å². The fraction of sp³-hybridized carbons (Fsp3) is 0.125. The molecule has 2 N–H and O–H groups in total. The van der Waals surface area contributed by atoms with Crippen LogP contribution in [-0.2, 0) is 11.3 Å². The number of carboxylic acid groups (broad SMARTS) is 1. The highest BCUT2D eigenvalue weighted by atomic mass is 35.5. The van der Waals surface area contributed by atoms with E-state index in [1.165, 1.54) is 0 Å². The maximum Gasteiger partial charge on any atom is 0.320 e. The minimum absolute atomic E-state index is 0. The Labute approximate surface area is 201 Å². The lowest BCUT2D eigenvalue weighted by atomic mass is 10.1. The molecule has 0 aliphatic rings. The van der Waals surface area contributed by atoms with Crippen LogP contribution in [0.15, 0.2) is 77.3 Å². The smallest absolute Gasteiger partial charge is 0.320 e. The largest absolute Gasteiger partial charge is 0.480 e. The van der Waals surface area contributed by atoms with E-state index in [0.29, 0.717) is 34.6 Å². The highest BCUT2D eigenvalue weighted by Crippen LogP contribution is 2.30. The molecule has 0 radical (unpaired) electrons. The molecule has 1 unspecified atom stereocenters. The summed E-state index contributed by atoms with van der Waals surface area (Å²) in [4.78, 5) is 15.4. The quantitative estimate of drug-likeness (QED) is 0.323. The number of ether oxygens (including phenoxy) is 1. The number of rotatable bonds is 8. The summed E-state index contributed by atoms with van der Waals surface area (Å²) in [6.45, 7) is 1.96. The van der Waals surface area contributed by atoms with Crippen molar-refractivity contribution in [1.82, 2.24) is 15.5 Å². The molecule has 33 heavy (non-hydrogen) atoms. The van der Waals surface area contributed by atoms with Crippen LogP contribution in [0, 0.1) is 0 Å². The minimum Gasteiger partial charge on any atom is -0.480 e. The predicted molar refractivity (Wildman–Crippen MR) is 128 cm³/mol. The highest BCUT2D eigenvalue weighted by Gasteiger charge is 2.15. The Morgan fingerprint density at radius 1 is 1.09 bits per heavy atom. The van der Waals surface area contributed by atoms with E-state index in [1.807, 2.05) is 60.7 Å². The molecule has 0 spiro atoms. The zero-order chi connectivity index (χ0) is 22.5. The Kier molecular flexibility index (Phi) is 8.06. The number of hydrogen-bond donors (Lipinski definition) is 2. The number of aromatic nitrogens is 2. The second kappa shape index (κ2) is 11.0. The topological polar surface area (TPSA) is 97.5 Å². The zero-order valence-corrected chi connectivity index (χ0v) is 19.1. The third-order valence-corrected chi connectivity index (χ3v) is 5.08. The van der Waals surface area contributed by atoms with Gasteiger partial charge in [0.25, 0.3) is 5.89 Å². The van der Waals surface area contributed by atoms with Gasteiger partial charge in [-0.15, -0.1) is 12.4 Å². The number of hydrogen-bond acceptors (Lipinski definition) is 6. The number of aliphatic carboxylic acids is 1. The Balaban J connectivity index is 0.00000306. The summed E-state index contributed by atoms with van der Waals surface area (Å²) >= 11 is 6.41. The summed E-state index contributed by atoms with van der Waals surface area (Å²) in [6.07, 6.45) is 0. The van der Waals surface area contributed by atoms with Crippen LogP contribution in [-0.4, -0.2) is 27.3 Å². The standard InChI is InChI=1S/C24H20ClN3O4.ClH/c1-15(24(29)30)26-14-16-7-12-20(21(25)13-16)22-27-23(32-28-22)17-8-10-19(11-9-17)31-18-5-3-2-4-6-18;/h2-13,15,26H,14H2,1H3,(H,29,30);1H. The molecule has 4 rings (SSSR count). The molecule has 3 aromatic carbocycles. The Morgan fingerprint density at radius 2 is 1.79 bits per heavy atom. The zero-order valence-electron chi connectivity index (χ0n) is 17.6. The summed E-state index contributed by atoms with van der Waals surface area (Å²) in [5.74, 6) is 1.28. The van der Waals surface area contributed by atoms with Gasteiger partial charge in [-0.1, -0.05) is 41.0 Å². The third kappa shape index (κ3) is 6.10. The first-order valence-corrected chi connectivity index (χ1v) is 10.3. The SMILES string of the molecule is CC(NCc1ccc(-c2noc(-c3ccc(Oc4ccccc4)cc3)n2)c(Cl)c1)C(=O)O.Cl. The van der Waals surface area contributed by atoms with Gasteiger partial charge in [-0.3, -0.25) is 4.79 Å². The Morgan fingerprint density at radius 3 is 2.45 bits per heavy atom. The van der Waals surface area contributed by atoms with Gasteiger partial charge in [0.2, 0.25) is 5.82 Å². The molecular weight excluding hydrogens is 465 g/mol. The lowest BCUT2D eigenvalue weighted by Crippen LogP contribution is -2.33. The van der Waals surface area contributed by atoms with Gasteiger partial charge in [0.05, 0.1) is 5.02 Å². The van der Waals surface area contributed by atoms with E-state index in [9.17, 15) is 4.79 Å². The van der Waals surface area contributed by atoms with E-state index in [-0.39, 0.29) is 12.4 Å². The van der Waals surface area contributed by atoms with Crippen LogP contribution in [0.1, 0.15) is 12.5 Å². The monoisotopic (exact) mass is 485 g/mol. The molecule has 0 saturated carbocycles. The van der Waals surface area contributed by atoms with E-state index in [1.54, 1.807) is 19.1 Å². The highest BCUT2D eigenvalue weighted by molar-refractivity contribution is 6.33. The van der Waals surface area contributed by atoms with Gasteiger partial charge in [0.1, 0.15) is 17.5 Å². The molecule has 0 aliphatic carbocycles. The molecule has 0 bridgehead atoms. The lowest BCUT2D eigenvalue weighted by Gasteiger charge is -2.10. The average Bonchev–Trinajstić information content (AvgIpc) is 3.28. The van der Waals surface area contributed by atoms with Crippen LogP contribution >= 0.6 is 24.0 Å². The predicted octanol–water partition coefficient (Wildman–Crippen LogP) is 5.83. The molecule has 1 aromatic heterocycles. The Bertz CT molecular complexity index is 1210. The molecule has 0 fully saturated rings. The molecule has 4 aromatic rings. The van der Waals surface area contributed by atoms with Gasteiger partial charge in [-0.2, -0.15) is 4.98 Å². The van der Waals surface area contributed by atoms with Crippen molar-refractivity contribution in [3.63, 3.8) is 0 Å². The number of carbonyl (C=O) groups is 1. The number of nitrogens with zero attached hydrogens (tertiary/aromatic N) is 2. The fourth-order valence-corrected chi connectivity index (χ4v) is 3.24. The minimum atomic E-state index is -0.910. The van der Waals surface area contributed by atoms with Gasteiger partial charge in [-0.05, 0) is 61.0 Å². The summed E-state index contributed by atoms with van der Waals surface area (Å²) in [6, 6.07) is 21.6. The van der Waals surface area contributed by atoms with Crippen LogP contribution in [0.2, 0.25) is 5.02 Å². The van der Waals surface area contributed by atoms with E-state index >= 15 is 0 Å². The third-order valence-electron chi connectivity index (χ3n) is 4.76. The number of para-hydroxylation sites is 1. The van der Waals surface area contributed by atoms with Gasteiger partial charge in [0.15, 0.2) is 0 Å². The summed E-state index contributed by atoms with van der Waals surface area (Å²) in [7, 11) is 0. The van der Waals surface area contributed by atoms with Crippen molar-refractivity contribution in [3.8, 4) is 34.3 Å². The van der Waals surface area contributed by atoms with E-state index < -0.39 is 12.0 Å². The summed E-state index contributed by atoms with van der Waals surface area (Å²) in [5, 5.41) is 16.4. The van der Waals surface area contributed by atoms with E-state index in [4.69, 9.17) is 26.0 Å². The summed E-state index contributed by atoms with van der Waals surface area (Å²) in [5.41, 5.74) is 2.23. The van der Waals surface area contributed by atoms with Crippen molar-refractivity contribution in [2.45, 2.75) is 19.5 Å². The van der Waals surface area contributed by atoms with Crippen molar-refractivity contribution in [3.05, 3.63) is 83.4 Å². The second-order valence-corrected chi connectivity index (χ2v) is 7.52. The molecule has 170 valence electrons. The normalized spacial score (nSPS) is 11.5.